The summed E-state index contributed by atoms with van der Waals surface area (Å²) in [6, 6.07) is 1.93. The summed E-state index contributed by atoms with van der Waals surface area (Å²) in [7, 11) is 0. The van der Waals surface area contributed by atoms with Crippen LogP contribution in [0.15, 0.2) is 12.3 Å². The summed E-state index contributed by atoms with van der Waals surface area (Å²) in [5.41, 5.74) is 0.970. The van der Waals surface area contributed by atoms with Crippen molar-refractivity contribution in [2.45, 2.75) is 13.6 Å². The van der Waals surface area contributed by atoms with Gasteiger partial charge in [-0.05, 0) is 13.0 Å². The Morgan fingerprint density at radius 3 is 2.43 bits per heavy atom. The van der Waals surface area contributed by atoms with Gasteiger partial charge in [0.2, 0.25) is 0 Å². The van der Waals surface area contributed by atoms with Crippen molar-refractivity contribution in [2.75, 3.05) is 26.3 Å². The number of aromatic nitrogens is 2. The fraction of sp³-hybridized carbons (Fsp3) is 0.667. The van der Waals surface area contributed by atoms with Gasteiger partial charge in [0.05, 0.1) is 25.6 Å². The van der Waals surface area contributed by atoms with Gasteiger partial charge in [0.1, 0.15) is 0 Å². The molecule has 0 saturated heterocycles. The van der Waals surface area contributed by atoms with Crippen LogP contribution >= 0.6 is 0 Å². The minimum Gasteiger partial charge on any atom is -0.395 e. The Balaban J connectivity index is 2.46. The number of aliphatic hydroxyl groups excluding tert-OH is 2. The molecule has 5 nitrogen and oxygen atoms in total. The van der Waals surface area contributed by atoms with E-state index in [4.69, 9.17) is 10.2 Å². The van der Waals surface area contributed by atoms with Crippen LogP contribution in [0.1, 0.15) is 5.69 Å². The minimum atomic E-state index is 0.0975. The lowest BCUT2D eigenvalue weighted by atomic mass is 10.5. The van der Waals surface area contributed by atoms with Crippen molar-refractivity contribution in [2.24, 2.45) is 0 Å². The Hall–Kier alpha value is -0.910. The Labute approximate surface area is 83.6 Å². The average molecular weight is 199 g/mol. The van der Waals surface area contributed by atoms with E-state index in [1.165, 1.54) is 0 Å². The number of hydrogen-bond donors (Lipinski definition) is 2. The largest absolute Gasteiger partial charge is 0.395 e. The van der Waals surface area contributed by atoms with E-state index in [2.05, 4.69) is 5.10 Å². The first-order valence-corrected chi connectivity index (χ1v) is 4.70. The highest BCUT2D eigenvalue weighted by Crippen LogP contribution is 1.96. The van der Waals surface area contributed by atoms with E-state index < -0.39 is 0 Å². The lowest BCUT2D eigenvalue weighted by Gasteiger charge is -2.19. The maximum absolute atomic E-state index is 8.79. The normalized spacial score (nSPS) is 11.1. The van der Waals surface area contributed by atoms with Gasteiger partial charge >= 0.3 is 0 Å². The Kier molecular flexibility index (Phi) is 4.58. The van der Waals surface area contributed by atoms with Crippen molar-refractivity contribution < 1.29 is 10.2 Å². The monoisotopic (exact) mass is 199 g/mol. The molecule has 0 aromatic carbocycles. The van der Waals surface area contributed by atoms with E-state index in [1.807, 2.05) is 24.1 Å². The fourth-order valence-electron chi connectivity index (χ4n) is 1.28. The highest BCUT2D eigenvalue weighted by molar-refractivity contribution is 4.94. The van der Waals surface area contributed by atoms with Gasteiger partial charge in [0, 0.05) is 19.3 Å². The smallest absolute Gasteiger partial charge is 0.0930 e. The molecule has 0 spiro atoms. The predicted molar refractivity (Wildman–Crippen MR) is 52.7 cm³/mol. The van der Waals surface area contributed by atoms with E-state index in [0.29, 0.717) is 19.8 Å². The molecule has 0 unspecified atom stereocenters. The molecule has 0 fully saturated rings. The third-order valence-electron chi connectivity index (χ3n) is 1.95. The van der Waals surface area contributed by atoms with Gasteiger partial charge in [0.25, 0.3) is 0 Å². The molecule has 0 saturated carbocycles. The number of rotatable bonds is 6. The maximum atomic E-state index is 8.79. The third-order valence-corrected chi connectivity index (χ3v) is 1.95. The van der Waals surface area contributed by atoms with Gasteiger partial charge in [-0.25, -0.2) is 0 Å². The van der Waals surface area contributed by atoms with Crippen molar-refractivity contribution >= 4 is 0 Å². The Bertz CT molecular complexity index is 256. The van der Waals surface area contributed by atoms with E-state index in [9.17, 15) is 0 Å². The molecular weight excluding hydrogens is 182 g/mol. The molecule has 0 radical (unpaired) electrons. The molecule has 2 N–H and O–H groups in total. The number of nitrogens with zero attached hydrogens (tertiary/aromatic N) is 3. The SMILES string of the molecule is Cc1ccn(CN(CCO)CCO)n1. The van der Waals surface area contributed by atoms with Gasteiger partial charge in [-0.3, -0.25) is 9.58 Å². The van der Waals surface area contributed by atoms with E-state index in [1.54, 1.807) is 4.68 Å². The zero-order valence-corrected chi connectivity index (χ0v) is 8.43. The number of aryl methyl sites for hydroxylation is 1. The van der Waals surface area contributed by atoms with Gasteiger partial charge in [0.15, 0.2) is 0 Å². The molecule has 1 heterocycles. The van der Waals surface area contributed by atoms with Gasteiger partial charge in [-0.15, -0.1) is 0 Å². The van der Waals surface area contributed by atoms with Crippen LogP contribution in [-0.4, -0.2) is 51.2 Å². The third kappa shape index (κ3) is 3.45. The molecule has 0 aliphatic heterocycles. The molecule has 0 aliphatic rings. The zero-order valence-electron chi connectivity index (χ0n) is 8.43. The molecule has 0 amide bonds. The van der Waals surface area contributed by atoms with Crippen molar-refractivity contribution in [3.8, 4) is 0 Å². The van der Waals surface area contributed by atoms with Crippen LogP contribution in [0, 0.1) is 6.92 Å². The molecule has 0 atom stereocenters. The van der Waals surface area contributed by atoms with Crippen LogP contribution in [0.25, 0.3) is 0 Å². The second-order valence-corrected chi connectivity index (χ2v) is 3.20. The molecule has 5 heteroatoms. The maximum Gasteiger partial charge on any atom is 0.0930 e. The standard InChI is InChI=1S/C9H17N3O2/c1-9-2-3-12(10-9)8-11(4-6-13)5-7-14/h2-3,13-14H,4-8H2,1H3. The molecule has 1 aromatic rings. The van der Waals surface area contributed by atoms with Crippen molar-refractivity contribution in [1.82, 2.24) is 14.7 Å². The van der Waals surface area contributed by atoms with Crippen molar-refractivity contribution in [3.05, 3.63) is 18.0 Å². The van der Waals surface area contributed by atoms with Crippen LogP contribution in [0.4, 0.5) is 0 Å². The molecule has 80 valence electrons. The molecule has 0 aliphatic carbocycles. The number of hydrogen-bond acceptors (Lipinski definition) is 4. The Morgan fingerprint density at radius 2 is 2.00 bits per heavy atom. The van der Waals surface area contributed by atoms with Crippen LogP contribution in [0.3, 0.4) is 0 Å². The fourth-order valence-corrected chi connectivity index (χ4v) is 1.28. The summed E-state index contributed by atoms with van der Waals surface area (Å²) >= 11 is 0. The first-order valence-electron chi connectivity index (χ1n) is 4.70. The molecule has 1 rings (SSSR count). The lowest BCUT2D eigenvalue weighted by Crippen LogP contribution is -2.32. The summed E-state index contributed by atoms with van der Waals surface area (Å²) in [4.78, 5) is 1.94. The van der Waals surface area contributed by atoms with Crippen LogP contribution in [-0.2, 0) is 6.67 Å². The summed E-state index contributed by atoms with van der Waals surface area (Å²) in [6.45, 7) is 3.84. The average Bonchev–Trinajstić information content (AvgIpc) is 2.52. The topological polar surface area (TPSA) is 61.5 Å². The molecular formula is C9H17N3O2. The summed E-state index contributed by atoms with van der Waals surface area (Å²) in [5.74, 6) is 0. The van der Waals surface area contributed by atoms with E-state index in [-0.39, 0.29) is 13.2 Å². The van der Waals surface area contributed by atoms with E-state index >= 15 is 0 Å². The highest BCUT2D eigenvalue weighted by atomic mass is 16.3. The summed E-state index contributed by atoms with van der Waals surface area (Å²) < 4.78 is 1.79. The first-order chi connectivity index (χ1) is 6.76. The molecule has 1 aromatic heterocycles. The first kappa shape index (κ1) is 11.2. The van der Waals surface area contributed by atoms with Gasteiger partial charge in [-0.2, -0.15) is 5.10 Å². The lowest BCUT2D eigenvalue weighted by molar-refractivity contribution is 0.129. The van der Waals surface area contributed by atoms with Gasteiger partial charge in [-0.1, -0.05) is 0 Å². The summed E-state index contributed by atoms with van der Waals surface area (Å²) in [5, 5.41) is 21.8. The van der Waals surface area contributed by atoms with Crippen LogP contribution in [0.5, 0.6) is 0 Å². The predicted octanol–water partition coefficient (Wildman–Crippen LogP) is -0.564. The second kappa shape index (κ2) is 5.74. The molecule has 14 heavy (non-hydrogen) atoms. The zero-order chi connectivity index (χ0) is 10.4. The Morgan fingerprint density at radius 1 is 1.36 bits per heavy atom. The van der Waals surface area contributed by atoms with Crippen molar-refractivity contribution in [1.29, 1.82) is 0 Å². The second-order valence-electron chi connectivity index (χ2n) is 3.20. The molecule has 0 bridgehead atoms. The number of aliphatic hydroxyl groups is 2. The van der Waals surface area contributed by atoms with Gasteiger partial charge < -0.3 is 10.2 Å². The van der Waals surface area contributed by atoms with E-state index in [0.717, 1.165) is 5.69 Å². The quantitative estimate of drug-likeness (QED) is 0.644. The minimum absolute atomic E-state index is 0.0975. The van der Waals surface area contributed by atoms with Crippen LogP contribution in [0.2, 0.25) is 0 Å². The summed E-state index contributed by atoms with van der Waals surface area (Å²) in [6.07, 6.45) is 1.89. The van der Waals surface area contributed by atoms with Crippen LogP contribution < -0.4 is 0 Å². The highest BCUT2D eigenvalue weighted by Gasteiger charge is 2.04. The van der Waals surface area contributed by atoms with Crippen molar-refractivity contribution in [3.63, 3.8) is 0 Å².